The van der Waals surface area contributed by atoms with Crippen LogP contribution in [0.4, 0.5) is 13.2 Å². The van der Waals surface area contributed by atoms with Gasteiger partial charge >= 0.3 is 12.1 Å². The summed E-state index contributed by atoms with van der Waals surface area (Å²) in [6.07, 6.45) is 2.58. The number of alkyl halides is 3. The molecule has 2 saturated heterocycles. The number of hydrogen-bond donors (Lipinski definition) is 1. The molecule has 2 aromatic rings. The first-order valence-electron chi connectivity index (χ1n) is 12.8. The molecule has 5 rings (SSSR count). The van der Waals surface area contributed by atoms with E-state index in [0.29, 0.717) is 11.9 Å². The molecular weight excluding hydrogens is 485 g/mol. The van der Waals surface area contributed by atoms with Crippen LogP contribution in [0.25, 0.3) is 0 Å². The van der Waals surface area contributed by atoms with Crippen molar-refractivity contribution in [2.45, 2.75) is 64.7 Å². The molecule has 1 N–H and O–H groups in total. The third kappa shape index (κ3) is 6.17. The van der Waals surface area contributed by atoms with E-state index in [4.69, 9.17) is 14.9 Å². The maximum Gasteiger partial charge on any atom is 0.490 e. The van der Waals surface area contributed by atoms with Gasteiger partial charge in [-0.3, -0.25) is 9.69 Å². The van der Waals surface area contributed by atoms with Crippen LogP contribution in [0, 0.1) is 18.3 Å². The first-order chi connectivity index (χ1) is 17.4. The van der Waals surface area contributed by atoms with Crippen LogP contribution in [0.1, 0.15) is 61.9 Å². The van der Waals surface area contributed by atoms with E-state index in [2.05, 4.69) is 65.6 Å². The summed E-state index contributed by atoms with van der Waals surface area (Å²) in [7, 11) is 0. The number of amides is 1. The smallest absolute Gasteiger partial charge is 0.475 e. The molecule has 1 amide bonds. The number of hydrogen-bond acceptors (Lipinski definition) is 4. The van der Waals surface area contributed by atoms with Crippen molar-refractivity contribution in [1.29, 1.82) is 0 Å². The highest BCUT2D eigenvalue weighted by Crippen LogP contribution is 2.50. The van der Waals surface area contributed by atoms with Gasteiger partial charge in [-0.2, -0.15) is 13.2 Å². The second-order valence-corrected chi connectivity index (χ2v) is 11.0. The number of halogens is 3. The molecule has 7 nitrogen and oxygen atoms in total. The zero-order valence-electron chi connectivity index (χ0n) is 21.5. The molecule has 0 radical (unpaired) electrons. The van der Waals surface area contributed by atoms with E-state index in [1.807, 2.05) is 6.33 Å². The van der Waals surface area contributed by atoms with Crippen LogP contribution in [-0.2, 0) is 16.1 Å². The molecule has 1 aromatic heterocycles. The summed E-state index contributed by atoms with van der Waals surface area (Å²) < 4.78 is 33.9. The van der Waals surface area contributed by atoms with Crippen LogP contribution in [-0.4, -0.2) is 68.7 Å². The second-order valence-electron chi connectivity index (χ2n) is 11.0. The Morgan fingerprint density at radius 2 is 1.97 bits per heavy atom. The summed E-state index contributed by atoms with van der Waals surface area (Å²) in [5, 5.41) is 7.12. The highest BCUT2D eigenvalue weighted by Gasteiger charge is 2.58. The van der Waals surface area contributed by atoms with Crippen molar-refractivity contribution in [3.05, 3.63) is 53.6 Å². The predicted molar refractivity (Wildman–Crippen MR) is 132 cm³/mol. The van der Waals surface area contributed by atoms with Gasteiger partial charge in [0.05, 0.1) is 17.4 Å². The van der Waals surface area contributed by atoms with Crippen LogP contribution < -0.4 is 0 Å². The summed E-state index contributed by atoms with van der Waals surface area (Å²) in [5.41, 5.74) is 3.41. The lowest BCUT2D eigenvalue weighted by Crippen LogP contribution is -2.40. The highest BCUT2D eigenvalue weighted by atomic mass is 19.4. The number of carboxylic acids is 1. The Balaban J connectivity index is 0.000000405. The molecule has 2 aliphatic heterocycles. The Hall–Kier alpha value is -2.88. The third-order valence-electron chi connectivity index (χ3n) is 7.64. The molecule has 2 unspecified atom stereocenters. The molecular formula is C27H35F3N4O3. The average Bonchev–Trinajstić information content (AvgIpc) is 3.23. The summed E-state index contributed by atoms with van der Waals surface area (Å²) in [5.74, 6) is -1.45. The molecule has 37 heavy (non-hydrogen) atoms. The van der Waals surface area contributed by atoms with Gasteiger partial charge in [-0.05, 0) is 51.5 Å². The van der Waals surface area contributed by atoms with Gasteiger partial charge in [0.25, 0.3) is 0 Å². The normalized spacial score (nSPS) is 24.1. The standard InChI is InChI=1S/C25H34N4O.C2HF3O2/c1-18(2)29-15-23(26-17-29)22-14-27(12-21-6-4-5-19(3)11-21)16-25(22)9-10-28(24(25)30)13-20-7-8-20;3-2(4,5)1(6)7/h4-6,11,15,17-18,20,22H,7-10,12-14,16H2,1-3H3;(H,6,7). The van der Waals surface area contributed by atoms with Gasteiger partial charge in [0.2, 0.25) is 5.91 Å². The monoisotopic (exact) mass is 520 g/mol. The lowest BCUT2D eigenvalue weighted by molar-refractivity contribution is -0.192. The van der Waals surface area contributed by atoms with Gasteiger partial charge in [0.15, 0.2) is 0 Å². The number of rotatable bonds is 6. The Morgan fingerprint density at radius 3 is 2.54 bits per heavy atom. The fourth-order valence-electron chi connectivity index (χ4n) is 5.50. The molecule has 1 spiro atoms. The van der Waals surface area contributed by atoms with Crippen LogP contribution in [0.15, 0.2) is 36.8 Å². The fourth-order valence-corrected chi connectivity index (χ4v) is 5.50. The zero-order valence-corrected chi connectivity index (χ0v) is 21.5. The van der Waals surface area contributed by atoms with Crippen molar-refractivity contribution in [3.63, 3.8) is 0 Å². The van der Waals surface area contributed by atoms with Gasteiger partial charge in [0, 0.05) is 50.9 Å². The van der Waals surface area contributed by atoms with Gasteiger partial charge < -0.3 is 14.6 Å². The van der Waals surface area contributed by atoms with E-state index < -0.39 is 12.1 Å². The number of benzene rings is 1. The molecule has 1 aromatic carbocycles. The van der Waals surface area contributed by atoms with Crippen molar-refractivity contribution in [1.82, 2.24) is 19.4 Å². The molecule has 3 fully saturated rings. The molecule has 1 saturated carbocycles. The van der Waals surface area contributed by atoms with Gasteiger partial charge in [-0.1, -0.05) is 29.8 Å². The number of likely N-dealkylation sites (tertiary alicyclic amines) is 2. The van der Waals surface area contributed by atoms with Gasteiger partial charge in [0.1, 0.15) is 0 Å². The zero-order chi connectivity index (χ0) is 27.0. The van der Waals surface area contributed by atoms with Crippen molar-refractivity contribution in [2.24, 2.45) is 11.3 Å². The fraction of sp³-hybridized carbons (Fsp3) is 0.593. The van der Waals surface area contributed by atoms with Crippen molar-refractivity contribution >= 4 is 11.9 Å². The topological polar surface area (TPSA) is 78.7 Å². The number of aryl methyl sites for hydroxylation is 1. The lowest BCUT2D eigenvalue weighted by Gasteiger charge is -2.28. The van der Waals surface area contributed by atoms with Crippen LogP contribution >= 0.6 is 0 Å². The summed E-state index contributed by atoms with van der Waals surface area (Å²) in [4.78, 5) is 32.1. The minimum absolute atomic E-state index is 0.180. The van der Waals surface area contributed by atoms with E-state index in [1.54, 1.807) is 0 Å². The first-order valence-corrected chi connectivity index (χ1v) is 12.8. The minimum atomic E-state index is -5.08. The molecule has 10 heteroatoms. The SMILES string of the molecule is Cc1cccc(CN2CC(c3cn(C(C)C)cn3)C3(CCN(CC4CC4)C3=O)C2)c1.O=C(O)C(F)(F)F. The molecule has 1 aliphatic carbocycles. The highest BCUT2D eigenvalue weighted by molar-refractivity contribution is 5.87. The number of aromatic nitrogens is 2. The lowest BCUT2D eigenvalue weighted by atomic mass is 9.75. The Labute approximate surface area is 215 Å². The average molecular weight is 521 g/mol. The Morgan fingerprint density at radius 1 is 1.27 bits per heavy atom. The Kier molecular flexibility index (Phi) is 7.69. The quantitative estimate of drug-likeness (QED) is 0.601. The summed E-state index contributed by atoms with van der Waals surface area (Å²) in [6, 6.07) is 9.14. The number of carboxylic acid groups (broad SMARTS) is 1. The second kappa shape index (κ2) is 10.5. The van der Waals surface area contributed by atoms with E-state index in [1.165, 1.54) is 24.0 Å². The van der Waals surface area contributed by atoms with Gasteiger partial charge in [-0.15, -0.1) is 0 Å². The third-order valence-corrected chi connectivity index (χ3v) is 7.64. The maximum atomic E-state index is 13.7. The first kappa shape index (κ1) is 27.2. The van der Waals surface area contributed by atoms with E-state index in [-0.39, 0.29) is 11.3 Å². The summed E-state index contributed by atoms with van der Waals surface area (Å²) >= 11 is 0. The largest absolute Gasteiger partial charge is 0.490 e. The van der Waals surface area contributed by atoms with Crippen LogP contribution in [0.5, 0.6) is 0 Å². The minimum Gasteiger partial charge on any atom is -0.475 e. The van der Waals surface area contributed by atoms with Gasteiger partial charge in [-0.25, -0.2) is 9.78 Å². The van der Waals surface area contributed by atoms with Crippen LogP contribution in [0.3, 0.4) is 0 Å². The molecule has 0 bridgehead atoms. The number of carbonyl (C=O) groups is 2. The van der Waals surface area contributed by atoms with Crippen LogP contribution in [0.2, 0.25) is 0 Å². The van der Waals surface area contributed by atoms with E-state index >= 15 is 0 Å². The van der Waals surface area contributed by atoms with E-state index in [9.17, 15) is 18.0 Å². The molecule has 3 aliphatic rings. The van der Waals surface area contributed by atoms with E-state index in [0.717, 1.165) is 50.8 Å². The van der Waals surface area contributed by atoms with Crippen molar-refractivity contribution in [3.8, 4) is 0 Å². The Bertz CT molecular complexity index is 1130. The predicted octanol–water partition coefficient (Wildman–Crippen LogP) is 4.63. The number of aliphatic carboxylic acids is 1. The number of carbonyl (C=O) groups excluding carboxylic acids is 1. The summed E-state index contributed by atoms with van der Waals surface area (Å²) in [6.45, 7) is 11.0. The molecule has 3 heterocycles. The molecule has 2 atom stereocenters. The maximum absolute atomic E-state index is 13.7. The number of imidazole rings is 1. The molecule has 202 valence electrons. The van der Waals surface area contributed by atoms with Crippen molar-refractivity contribution < 1.29 is 27.9 Å². The number of nitrogens with zero attached hydrogens (tertiary/aromatic N) is 4. The van der Waals surface area contributed by atoms with Crippen molar-refractivity contribution in [2.75, 3.05) is 26.2 Å².